The SMILES string of the molecule is CC[N+](CC)=c1ccc2c(-c3ccccc3C(=O)O)c3cc(F)ccc3oc-2c1. The normalized spacial score (nSPS) is 11.1. The Morgan fingerprint density at radius 3 is 2.48 bits per heavy atom. The van der Waals surface area contributed by atoms with Crippen LogP contribution in [0.4, 0.5) is 4.39 Å². The number of hydrogen-bond acceptors (Lipinski definition) is 2. The smallest absolute Gasteiger partial charge is 0.336 e. The molecular weight excluding hydrogens is 369 g/mol. The van der Waals surface area contributed by atoms with E-state index in [0.717, 1.165) is 24.0 Å². The zero-order valence-corrected chi connectivity index (χ0v) is 16.3. The molecule has 4 rings (SSSR count). The topological polar surface area (TPSA) is 53.5 Å². The van der Waals surface area contributed by atoms with Crippen LogP contribution < -0.4 is 9.93 Å². The lowest BCUT2D eigenvalue weighted by molar-refractivity contribution is 0.0697. The summed E-state index contributed by atoms with van der Waals surface area (Å²) in [5, 5.41) is 11.3. The number of aromatic carboxylic acids is 1. The second kappa shape index (κ2) is 7.51. The molecule has 0 saturated carbocycles. The van der Waals surface area contributed by atoms with Crippen LogP contribution in [-0.4, -0.2) is 24.2 Å². The number of hydrogen-bond donors (Lipinski definition) is 1. The van der Waals surface area contributed by atoms with Crippen molar-refractivity contribution in [2.45, 2.75) is 13.8 Å². The van der Waals surface area contributed by atoms with Crippen LogP contribution in [0.1, 0.15) is 24.2 Å². The molecular formula is C24H21FNO3+. The summed E-state index contributed by atoms with van der Waals surface area (Å²) in [6.07, 6.45) is 0. The van der Waals surface area contributed by atoms with Crippen LogP contribution in [0.15, 0.2) is 65.1 Å². The molecule has 0 amide bonds. The molecule has 1 heterocycles. The lowest BCUT2D eigenvalue weighted by atomic mass is 9.91. The van der Waals surface area contributed by atoms with Crippen molar-refractivity contribution in [3.05, 3.63) is 77.4 Å². The number of carbonyl (C=O) groups is 1. The van der Waals surface area contributed by atoms with Crippen molar-refractivity contribution in [2.24, 2.45) is 0 Å². The predicted molar refractivity (Wildman–Crippen MR) is 112 cm³/mol. The Morgan fingerprint density at radius 2 is 1.76 bits per heavy atom. The maximum Gasteiger partial charge on any atom is 0.336 e. The molecule has 0 bridgehead atoms. The number of nitrogens with zero attached hydrogens (tertiary/aromatic N) is 1. The predicted octanol–water partition coefficient (Wildman–Crippen LogP) is 4.85. The van der Waals surface area contributed by atoms with Gasteiger partial charge in [-0.2, -0.15) is 0 Å². The summed E-state index contributed by atoms with van der Waals surface area (Å²) in [6, 6.07) is 17.0. The number of rotatable bonds is 4. The van der Waals surface area contributed by atoms with E-state index in [9.17, 15) is 14.3 Å². The van der Waals surface area contributed by atoms with Gasteiger partial charge < -0.3 is 9.52 Å². The third-order valence-corrected chi connectivity index (χ3v) is 5.22. The van der Waals surface area contributed by atoms with E-state index in [2.05, 4.69) is 18.4 Å². The molecule has 0 spiro atoms. The Morgan fingerprint density at radius 1 is 1.00 bits per heavy atom. The minimum atomic E-state index is -1.03. The highest BCUT2D eigenvalue weighted by Crippen LogP contribution is 2.41. The first kappa shape index (κ1) is 18.9. The molecule has 0 aromatic heterocycles. The molecule has 0 radical (unpaired) electrons. The summed E-state index contributed by atoms with van der Waals surface area (Å²) in [6.45, 7) is 5.89. The van der Waals surface area contributed by atoms with E-state index in [-0.39, 0.29) is 5.56 Å². The maximum atomic E-state index is 14.1. The number of benzene rings is 3. The van der Waals surface area contributed by atoms with Gasteiger partial charge in [-0.05, 0) is 49.7 Å². The van der Waals surface area contributed by atoms with Crippen molar-refractivity contribution in [3.63, 3.8) is 0 Å². The van der Waals surface area contributed by atoms with Crippen LogP contribution in [0.5, 0.6) is 0 Å². The van der Waals surface area contributed by atoms with Gasteiger partial charge in [-0.1, -0.05) is 18.2 Å². The molecule has 1 aliphatic heterocycles. The van der Waals surface area contributed by atoms with E-state index in [0.29, 0.717) is 27.9 Å². The van der Waals surface area contributed by atoms with E-state index in [1.807, 2.05) is 18.2 Å². The first-order chi connectivity index (χ1) is 14.0. The van der Waals surface area contributed by atoms with E-state index < -0.39 is 11.8 Å². The van der Waals surface area contributed by atoms with E-state index in [1.165, 1.54) is 12.1 Å². The molecule has 0 saturated heterocycles. The Bertz CT molecular complexity index is 1270. The molecule has 0 fully saturated rings. The average molecular weight is 390 g/mol. The first-order valence-electron chi connectivity index (χ1n) is 9.60. The van der Waals surface area contributed by atoms with Gasteiger partial charge in [-0.3, -0.25) is 0 Å². The van der Waals surface area contributed by atoms with Crippen LogP contribution in [0.3, 0.4) is 0 Å². The van der Waals surface area contributed by atoms with Gasteiger partial charge in [-0.25, -0.2) is 13.8 Å². The molecule has 0 atom stereocenters. The average Bonchev–Trinajstić information content (AvgIpc) is 2.73. The van der Waals surface area contributed by atoms with Gasteiger partial charge in [-0.15, -0.1) is 0 Å². The zero-order valence-electron chi connectivity index (χ0n) is 16.3. The highest BCUT2D eigenvalue weighted by Gasteiger charge is 2.22. The third-order valence-electron chi connectivity index (χ3n) is 5.22. The molecule has 2 aromatic rings. The summed E-state index contributed by atoms with van der Waals surface area (Å²) in [5.41, 5.74) is 2.61. The number of halogens is 1. The molecule has 0 unspecified atom stereocenters. The summed E-state index contributed by atoms with van der Waals surface area (Å²) >= 11 is 0. The molecule has 29 heavy (non-hydrogen) atoms. The van der Waals surface area contributed by atoms with Gasteiger partial charge in [0, 0.05) is 22.6 Å². The van der Waals surface area contributed by atoms with Crippen molar-refractivity contribution in [3.8, 4) is 22.5 Å². The molecule has 1 aliphatic carbocycles. The van der Waals surface area contributed by atoms with Crippen LogP contribution in [0.25, 0.3) is 33.4 Å². The van der Waals surface area contributed by atoms with Crippen molar-refractivity contribution in [2.75, 3.05) is 13.1 Å². The summed E-state index contributed by atoms with van der Waals surface area (Å²) in [7, 11) is 0. The highest BCUT2D eigenvalue weighted by molar-refractivity contribution is 6.07. The van der Waals surface area contributed by atoms with Gasteiger partial charge >= 0.3 is 5.97 Å². The quantitative estimate of drug-likeness (QED) is 0.400. The fourth-order valence-corrected chi connectivity index (χ4v) is 3.82. The minimum Gasteiger partial charge on any atom is -0.478 e. The minimum absolute atomic E-state index is 0.165. The Labute approximate surface area is 167 Å². The molecule has 4 nitrogen and oxygen atoms in total. The van der Waals surface area contributed by atoms with E-state index in [1.54, 1.807) is 30.3 Å². The molecule has 2 aliphatic rings. The second-order valence-electron chi connectivity index (χ2n) is 6.82. The monoisotopic (exact) mass is 390 g/mol. The maximum absolute atomic E-state index is 14.1. The van der Waals surface area contributed by atoms with E-state index in [4.69, 9.17) is 4.42 Å². The lowest BCUT2D eigenvalue weighted by Gasteiger charge is -2.16. The van der Waals surface area contributed by atoms with Crippen LogP contribution in [0, 0.1) is 5.82 Å². The molecule has 5 heteroatoms. The number of fused-ring (bicyclic) bond motifs is 2. The van der Waals surface area contributed by atoms with Gasteiger partial charge in [0.2, 0.25) is 5.36 Å². The first-order valence-corrected chi connectivity index (χ1v) is 9.60. The fourth-order valence-electron chi connectivity index (χ4n) is 3.82. The van der Waals surface area contributed by atoms with Crippen LogP contribution in [0.2, 0.25) is 0 Å². The van der Waals surface area contributed by atoms with Crippen LogP contribution >= 0.6 is 0 Å². The van der Waals surface area contributed by atoms with Gasteiger partial charge in [0.05, 0.1) is 11.6 Å². The molecule has 2 aromatic carbocycles. The standard InChI is InChI=1S/C24H20FNO3/c1-3-26(4-2)16-10-11-19-22(14-16)29-21-12-9-15(25)13-20(21)23(19)17-7-5-6-8-18(17)24(27)28/h5-14H,3-4H2,1-2H3/p+1. The van der Waals surface area contributed by atoms with Gasteiger partial charge in [0.25, 0.3) is 0 Å². The summed E-state index contributed by atoms with van der Waals surface area (Å²) < 4.78 is 22.4. The Kier molecular flexibility index (Phi) is 4.89. The van der Waals surface area contributed by atoms with Crippen molar-refractivity contribution in [1.29, 1.82) is 0 Å². The summed E-state index contributed by atoms with van der Waals surface area (Å²) in [5.74, 6) is -0.802. The lowest BCUT2D eigenvalue weighted by Crippen LogP contribution is -2.29. The van der Waals surface area contributed by atoms with Gasteiger partial charge in [0.15, 0.2) is 0 Å². The number of carboxylic acid groups (broad SMARTS) is 1. The van der Waals surface area contributed by atoms with Crippen molar-refractivity contribution >= 4 is 16.9 Å². The van der Waals surface area contributed by atoms with Gasteiger partial charge in [0.1, 0.15) is 30.3 Å². The highest BCUT2D eigenvalue weighted by atomic mass is 19.1. The summed E-state index contributed by atoms with van der Waals surface area (Å²) in [4.78, 5) is 11.9. The zero-order chi connectivity index (χ0) is 20.5. The van der Waals surface area contributed by atoms with Crippen molar-refractivity contribution < 1.29 is 18.7 Å². The van der Waals surface area contributed by atoms with Crippen molar-refractivity contribution in [1.82, 2.24) is 4.58 Å². The van der Waals surface area contributed by atoms with E-state index >= 15 is 0 Å². The Balaban J connectivity index is 2.18. The molecule has 1 N–H and O–H groups in total. The van der Waals surface area contributed by atoms with Crippen LogP contribution in [-0.2, 0) is 0 Å². The third kappa shape index (κ3) is 3.29. The largest absolute Gasteiger partial charge is 0.478 e. The Hall–Kier alpha value is -3.47. The fraction of sp³-hybridized carbons (Fsp3) is 0.167. The number of carboxylic acids is 1. The second-order valence-corrected chi connectivity index (χ2v) is 6.82. The molecule has 146 valence electrons.